The standard InChI is InChI=1S/C14H19N3S/c1-3-11-7-12-13(15-9-16-14(12)18-11)17(4-2)8-10-5-6-10/h7,9-10H,3-6,8H2,1-2H3. The Morgan fingerprint density at radius 3 is 2.83 bits per heavy atom. The number of aromatic nitrogens is 2. The van der Waals surface area contributed by atoms with E-state index in [1.54, 1.807) is 17.7 Å². The molecule has 0 bridgehead atoms. The molecule has 0 radical (unpaired) electrons. The summed E-state index contributed by atoms with van der Waals surface area (Å²) in [5.74, 6) is 2.02. The maximum Gasteiger partial charge on any atom is 0.140 e. The largest absolute Gasteiger partial charge is 0.356 e. The molecule has 1 aliphatic carbocycles. The van der Waals surface area contributed by atoms with Crippen LogP contribution in [0.25, 0.3) is 10.2 Å². The molecular weight excluding hydrogens is 242 g/mol. The first-order valence-electron chi connectivity index (χ1n) is 6.80. The summed E-state index contributed by atoms with van der Waals surface area (Å²) in [5, 5.41) is 1.24. The lowest BCUT2D eigenvalue weighted by Gasteiger charge is -2.22. The lowest BCUT2D eigenvalue weighted by molar-refractivity contribution is 0.734. The highest BCUT2D eigenvalue weighted by Crippen LogP contribution is 2.34. The molecule has 3 rings (SSSR count). The predicted molar refractivity (Wildman–Crippen MR) is 77.4 cm³/mol. The topological polar surface area (TPSA) is 29.0 Å². The zero-order valence-electron chi connectivity index (χ0n) is 11.0. The lowest BCUT2D eigenvalue weighted by atomic mass is 10.2. The molecule has 0 amide bonds. The molecule has 4 heteroatoms. The Labute approximate surface area is 112 Å². The normalized spacial score (nSPS) is 15.2. The zero-order valence-corrected chi connectivity index (χ0v) is 11.8. The van der Waals surface area contributed by atoms with E-state index in [0.29, 0.717) is 0 Å². The first kappa shape index (κ1) is 11.9. The fourth-order valence-electron chi connectivity index (χ4n) is 2.30. The molecule has 1 saturated carbocycles. The molecule has 3 nitrogen and oxygen atoms in total. The minimum Gasteiger partial charge on any atom is -0.356 e. The van der Waals surface area contributed by atoms with Gasteiger partial charge < -0.3 is 4.90 Å². The number of hydrogen-bond donors (Lipinski definition) is 0. The van der Waals surface area contributed by atoms with Gasteiger partial charge in [0.25, 0.3) is 0 Å². The van der Waals surface area contributed by atoms with Crippen LogP contribution in [0.4, 0.5) is 5.82 Å². The van der Waals surface area contributed by atoms with Gasteiger partial charge in [0.2, 0.25) is 0 Å². The Morgan fingerprint density at radius 2 is 2.17 bits per heavy atom. The highest BCUT2D eigenvalue weighted by atomic mass is 32.1. The first-order chi connectivity index (χ1) is 8.81. The molecule has 2 aromatic heterocycles. The van der Waals surface area contributed by atoms with E-state index in [2.05, 4.69) is 34.8 Å². The SMILES string of the molecule is CCc1cc2c(N(CC)CC3CC3)ncnc2s1. The third-order valence-corrected chi connectivity index (χ3v) is 4.75. The Kier molecular flexibility index (Phi) is 3.20. The maximum absolute atomic E-state index is 4.53. The number of nitrogens with zero attached hydrogens (tertiary/aromatic N) is 3. The van der Waals surface area contributed by atoms with Crippen LogP contribution in [0.2, 0.25) is 0 Å². The van der Waals surface area contributed by atoms with Crippen LogP contribution in [0.3, 0.4) is 0 Å². The quantitative estimate of drug-likeness (QED) is 0.825. The van der Waals surface area contributed by atoms with Crippen LogP contribution in [0, 0.1) is 5.92 Å². The number of rotatable bonds is 5. The summed E-state index contributed by atoms with van der Waals surface area (Å²) >= 11 is 1.80. The average molecular weight is 261 g/mol. The highest BCUT2D eigenvalue weighted by molar-refractivity contribution is 7.18. The van der Waals surface area contributed by atoms with E-state index in [1.807, 2.05) is 0 Å². The van der Waals surface area contributed by atoms with Gasteiger partial charge in [-0.05, 0) is 38.2 Å². The van der Waals surface area contributed by atoms with Crippen LogP contribution in [0.1, 0.15) is 31.6 Å². The minimum atomic E-state index is 0.888. The maximum atomic E-state index is 4.53. The van der Waals surface area contributed by atoms with E-state index in [9.17, 15) is 0 Å². The minimum absolute atomic E-state index is 0.888. The van der Waals surface area contributed by atoms with E-state index >= 15 is 0 Å². The Balaban J connectivity index is 1.99. The van der Waals surface area contributed by atoms with Gasteiger partial charge in [-0.2, -0.15) is 0 Å². The fourth-order valence-corrected chi connectivity index (χ4v) is 3.23. The molecule has 0 saturated heterocycles. The summed E-state index contributed by atoms with van der Waals surface area (Å²) in [6.07, 6.45) is 5.56. The molecule has 0 spiro atoms. The van der Waals surface area contributed by atoms with Crippen molar-refractivity contribution < 1.29 is 0 Å². The molecule has 2 aromatic rings. The number of anilines is 1. The second kappa shape index (κ2) is 4.84. The molecule has 18 heavy (non-hydrogen) atoms. The van der Waals surface area contributed by atoms with Crippen LogP contribution < -0.4 is 4.90 Å². The predicted octanol–water partition coefficient (Wildman–Crippen LogP) is 3.49. The number of thiophene rings is 1. The second-order valence-corrected chi connectivity index (χ2v) is 6.08. The van der Waals surface area contributed by atoms with Gasteiger partial charge in [0.05, 0.1) is 5.39 Å². The first-order valence-corrected chi connectivity index (χ1v) is 7.61. The molecule has 0 aromatic carbocycles. The smallest absolute Gasteiger partial charge is 0.140 e. The van der Waals surface area contributed by atoms with Gasteiger partial charge in [0, 0.05) is 18.0 Å². The molecule has 0 unspecified atom stereocenters. The molecule has 0 atom stereocenters. The summed E-state index contributed by atoms with van der Waals surface area (Å²) in [7, 11) is 0. The lowest BCUT2D eigenvalue weighted by Crippen LogP contribution is -2.26. The van der Waals surface area contributed by atoms with Gasteiger partial charge in [0.15, 0.2) is 0 Å². The highest BCUT2D eigenvalue weighted by Gasteiger charge is 2.25. The van der Waals surface area contributed by atoms with E-state index in [1.165, 1.54) is 23.1 Å². The van der Waals surface area contributed by atoms with Crippen molar-refractivity contribution in [2.24, 2.45) is 5.92 Å². The van der Waals surface area contributed by atoms with Crippen molar-refractivity contribution in [3.63, 3.8) is 0 Å². The monoisotopic (exact) mass is 261 g/mol. The summed E-state index contributed by atoms with van der Waals surface area (Å²) in [6, 6.07) is 2.27. The number of hydrogen-bond acceptors (Lipinski definition) is 4. The van der Waals surface area contributed by atoms with Crippen LogP contribution >= 0.6 is 11.3 Å². The summed E-state index contributed by atoms with van der Waals surface area (Å²) in [5.41, 5.74) is 0. The van der Waals surface area contributed by atoms with Gasteiger partial charge in [-0.25, -0.2) is 9.97 Å². The molecule has 0 N–H and O–H groups in total. The van der Waals surface area contributed by atoms with Crippen molar-refractivity contribution in [3.05, 3.63) is 17.3 Å². The fraction of sp³-hybridized carbons (Fsp3) is 0.571. The summed E-state index contributed by atoms with van der Waals surface area (Å²) in [4.78, 5) is 13.9. The number of aryl methyl sites for hydroxylation is 1. The third kappa shape index (κ3) is 2.21. The van der Waals surface area contributed by atoms with Crippen molar-refractivity contribution >= 4 is 27.4 Å². The second-order valence-electron chi connectivity index (χ2n) is 4.96. The van der Waals surface area contributed by atoms with Crippen LogP contribution in [0.15, 0.2) is 12.4 Å². The van der Waals surface area contributed by atoms with Crippen molar-refractivity contribution in [1.29, 1.82) is 0 Å². The van der Waals surface area contributed by atoms with Crippen molar-refractivity contribution in [3.8, 4) is 0 Å². The van der Waals surface area contributed by atoms with Crippen LogP contribution in [0.5, 0.6) is 0 Å². The molecule has 2 heterocycles. The molecule has 1 aliphatic rings. The van der Waals surface area contributed by atoms with Crippen LogP contribution in [-0.4, -0.2) is 23.1 Å². The zero-order chi connectivity index (χ0) is 12.5. The molecule has 96 valence electrons. The van der Waals surface area contributed by atoms with Gasteiger partial charge in [-0.15, -0.1) is 11.3 Å². The van der Waals surface area contributed by atoms with Gasteiger partial charge in [-0.3, -0.25) is 0 Å². The van der Waals surface area contributed by atoms with Gasteiger partial charge in [-0.1, -0.05) is 6.92 Å². The van der Waals surface area contributed by atoms with Gasteiger partial charge >= 0.3 is 0 Å². The Hall–Kier alpha value is -1.16. The van der Waals surface area contributed by atoms with E-state index in [-0.39, 0.29) is 0 Å². The average Bonchev–Trinajstić information content (AvgIpc) is 3.11. The van der Waals surface area contributed by atoms with E-state index in [4.69, 9.17) is 0 Å². The summed E-state index contributed by atoms with van der Waals surface area (Å²) in [6.45, 7) is 6.59. The number of fused-ring (bicyclic) bond motifs is 1. The van der Waals surface area contributed by atoms with Crippen molar-refractivity contribution in [1.82, 2.24) is 9.97 Å². The van der Waals surface area contributed by atoms with Crippen molar-refractivity contribution in [2.45, 2.75) is 33.1 Å². The molecular formula is C14H19N3S. The van der Waals surface area contributed by atoms with Gasteiger partial charge in [0.1, 0.15) is 17.0 Å². The van der Waals surface area contributed by atoms with E-state index < -0.39 is 0 Å². The Morgan fingerprint density at radius 1 is 1.33 bits per heavy atom. The van der Waals surface area contributed by atoms with Crippen LogP contribution in [-0.2, 0) is 6.42 Å². The molecule has 1 fully saturated rings. The van der Waals surface area contributed by atoms with Crippen molar-refractivity contribution in [2.75, 3.05) is 18.0 Å². The Bertz CT molecular complexity index is 545. The third-order valence-electron chi connectivity index (χ3n) is 3.56. The summed E-state index contributed by atoms with van der Waals surface area (Å²) < 4.78 is 0. The molecule has 0 aliphatic heterocycles. The van der Waals surface area contributed by atoms with E-state index in [0.717, 1.165) is 36.1 Å².